The summed E-state index contributed by atoms with van der Waals surface area (Å²) in [4.78, 5) is 11.1. The van der Waals surface area contributed by atoms with E-state index in [9.17, 15) is 4.79 Å². The molecule has 2 nitrogen and oxygen atoms in total. The molecule has 0 aliphatic heterocycles. The Balaban J connectivity index is 2.49. The smallest absolute Gasteiger partial charge is 0.328 e. The van der Waals surface area contributed by atoms with E-state index in [1.807, 2.05) is 0 Å². The molecule has 1 aromatic carbocycles. The molecule has 0 saturated heterocycles. The monoisotopic (exact) mass is 258 g/mol. The van der Waals surface area contributed by atoms with Gasteiger partial charge in [-0.1, -0.05) is 25.0 Å². The lowest BCUT2D eigenvalue weighted by molar-refractivity contribution is -0.131. The van der Waals surface area contributed by atoms with Crippen LogP contribution in [0.2, 0.25) is 0 Å². The van der Waals surface area contributed by atoms with Crippen LogP contribution in [0, 0.1) is 26.7 Å². The van der Waals surface area contributed by atoms with Gasteiger partial charge in [-0.15, -0.1) is 0 Å². The average molecular weight is 258 g/mol. The maximum absolute atomic E-state index is 11.1. The lowest BCUT2D eigenvalue weighted by Crippen LogP contribution is -2.04. The van der Waals surface area contributed by atoms with Crippen molar-refractivity contribution in [3.05, 3.63) is 40.5 Å². The summed E-state index contributed by atoms with van der Waals surface area (Å²) in [6.45, 7) is 6.26. The largest absolute Gasteiger partial charge is 0.478 e. The van der Waals surface area contributed by atoms with E-state index in [0.29, 0.717) is 5.92 Å². The van der Waals surface area contributed by atoms with Gasteiger partial charge in [0.15, 0.2) is 0 Å². The van der Waals surface area contributed by atoms with E-state index in [0.717, 1.165) is 24.0 Å². The highest BCUT2D eigenvalue weighted by Crippen LogP contribution is 2.38. The highest BCUT2D eigenvalue weighted by atomic mass is 16.4. The molecule has 0 unspecified atom stereocenters. The summed E-state index contributed by atoms with van der Waals surface area (Å²) in [6, 6.07) is 4.31. The normalized spacial score (nSPS) is 16.9. The molecule has 2 heteroatoms. The first-order valence-corrected chi connectivity index (χ1v) is 7.01. The van der Waals surface area contributed by atoms with Gasteiger partial charge in [-0.3, -0.25) is 0 Å². The molecule has 0 aromatic heterocycles. The minimum absolute atomic E-state index is 0.414. The predicted molar refractivity (Wildman–Crippen MR) is 78.2 cm³/mol. The number of aryl methyl sites for hydroxylation is 3. The van der Waals surface area contributed by atoms with Crippen LogP contribution in [0.15, 0.2) is 18.2 Å². The van der Waals surface area contributed by atoms with Crippen molar-refractivity contribution >= 4 is 11.5 Å². The first-order valence-electron chi connectivity index (χ1n) is 7.01. The van der Waals surface area contributed by atoms with Crippen LogP contribution in [0.4, 0.5) is 0 Å². The summed E-state index contributed by atoms with van der Waals surface area (Å²) in [5, 5.41) is 9.14. The summed E-state index contributed by atoms with van der Waals surface area (Å²) in [6.07, 6.45) is 6.08. The summed E-state index contributed by atoms with van der Waals surface area (Å²) in [7, 11) is 0. The van der Waals surface area contributed by atoms with E-state index in [4.69, 9.17) is 5.11 Å². The molecule has 0 atom stereocenters. The van der Waals surface area contributed by atoms with Crippen LogP contribution in [0.1, 0.15) is 47.9 Å². The molecular weight excluding hydrogens is 236 g/mol. The summed E-state index contributed by atoms with van der Waals surface area (Å²) < 4.78 is 0. The molecule has 0 spiro atoms. The average Bonchev–Trinajstić information content (AvgIpc) is 2.84. The third-order valence-electron chi connectivity index (χ3n) is 4.23. The molecule has 102 valence electrons. The van der Waals surface area contributed by atoms with Gasteiger partial charge in [-0.2, -0.15) is 0 Å². The third kappa shape index (κ3) is 3.06. The molecule has 0 radical (unpaired) electrons. The van der Waals surface area contributed by atoms with E-state index in [1.54, 1.807) is 0 Å². The van der Waals surface area contributed by atoms with Gasteiger partial charge in [0, 0.05) is 6.08 Å². The van der Waals surface area contributed by atoms with Crippen molar-refractivity contribution in [1.82, 2.24) is 0 Å². The molecule has 1 N–H and O–H groups in total. The van der Waals surface area contributed by atoms with Crippen LogP contribution in [0.25, 0.3) is 5.57 Å². The third-order valence-corrected chi connectivity index (χ3v) is 4.23. The predicted octanol–water partition coefficient (Wildman–Crippen LogP) is 4.27. The molecule has 2 rings (SSSR count). The molecule has 1 aromatic rings. The number of carbonyl (C=O) groups is 1. The van der Waals surface area contributed by atoms with Gasteiger partial charge in [-0.05, 0) is 67.4 Å². The van der Waals surface area contributed by atoms with Crippen LogP contribution in [-0.2, 0) is 4.79 Å². The Bertz CT molecular complexity index is 520. The number of aliphatic carboxylic acids is 1. The van der Waals surface area contributed by atoms with E-state index < -0.39 is 5.97 Å². The van der Waals surface area contributed by atoms with Gasteiger partial charge < -0.3 is 5.11 Å². The molecule has 19 heavy (non-hydrogen) atoms. The number of rotatable bonds is 3. The van der Waals surface area contributed by atoms with E-state index in [1.165, 1.54) is 35.6 Å². The Morgan fingerprint density at radius 1 is 1.11 bits per heavy atom. The molecular formula is C17H22O2. The zero-order valence-electron chi connectivity index (χ0n) is 12.0. The van der Waals surface area contributed by atoms with Crippen molar-refractivity contribution in [3.8, 4) is 0 Å². The molecule has 0 amide bonds. The first-order chi connectivity index (χ1) is 8.99. The fourth-order valence-corrected chi connectivity index (χ4v) is 3.06. The van der Waals surface area contributed by atoms with Gasteiger partial charge in [0.1, 0.15) is 0 Å². The van der Waals surface area contributed by atoms with Crippen LogP contribution in [0.5, 0.6) is 0 Å². The zero-order chi connectivity index (χ0) is 14.0. The number of hydrogen-bond donors (Lipinski definition) is 1. The van der Waals surface area contributed by atoms with Gasteiger partial charge >= 0.3 is 5.97 Å². The van der Waals surface area contributed by atoms with E-state index in [-0.39, 0.29) is 0 Å². The Labute approximate surface area is 115 Å². The quantitative estimate of drug-likeness (QED) is 0.822. The van der Waals surface area contributed by atoms with Crippen molar-refractivity contribution in [1.29, 1.82) is 0 Å². The minimum atomic E-state index is -0.834. The summed E-state index contributed by atoms with van der Waals surface area (Å²) in [5.41, 5.74) is 5.82. The van der Waals surface area contributed by atoms with Crippen molar-refractivity contribution in [2.24, 2.45) is 5.92 Å². The standard InChI is InChI=1S/C17H22O2/c1-11-8-13(3)15(9-12(11)2)16(10-17(18)19)14-6-4-5-7-14/h8-10,14H,4-7H2,1-3H3,(H,18,19)/b16-10+. The number of carboxylic acids is 1. The molecule has 1 saturated carbocycles. The van der Waals surface area contributed by atoms with Crippen LogP contribution >= 0.6 is 0 Å². The number of benzene rings is 1. The Morgan fingerprint density at radius 3 is 2.26 bits per heavy atom. The second-order valence-corrected chi connectivity index (χ2v) is 5.67. The highest BCUT2D eigenvalue weighted by Gasteiger charge is 2.22. The molecule has 1 aliphatic rings. The maximum Gasteiger partial charge on any atom is 0.328 e. The van der Waals surface area contributed by atoms with Crippen LogP contribution < -0.4 is 0 Å². The SMILES string of the molecule is Cc1cc(C)c(/C(=C/C(=O)O)C2CCCC2)cc1C. The Morgan fingerprint density at radius 2 is 1.68 bits per heavy atom. The molecule has 1 fully saturated rings. The van der Waals surface area contributed by atoms with Crippen molar-refractivity contribution in [3.63, 3.8) is 0 Å². The van der Waals surface area contributed by atoms with Crippen molar-refractivity contribution in [2.45, 2.75) is 46.5 Å². The number of hydrogen-bond acceptors (Lipinski definition) is 1. The van der Waals surface area contributed by atoms with Crippen LogP contribution in [-0.4, -0.2) is 11.1 Å². The molecule has 0 bridgehead atoms. The Hall–Kier alpha value is -1.57. The lowest BCUT2D eigenvalue weighted by atomic mass is 9.86. The fourth-order valence-electron chi connectivity index (χ4n) is 3.06. The second kappa shape index (κ2) is 5.60. The van der Waals surface area contributed by atoms with Gasteiger partial charge in [0.05, 0.1) is 0 Å². The van der Waals surface area contributed by atoms with Gasteiger partial charge in [-0.25, -0.2) is 4.79 Å². The molecule has 0 heterocycles. The van der Waals surface area contributed by atoms with Crippen molar-refractivity contribution < 1.29 is 9.90 Å². The number of carboxylic acid groups (broad SMARTS) is 1. The summed E-state index contributed by atoms with van der Waals surface area (Å²) >= 11 is 0. The minimum Gasteiger partial charge on any atom is -0.478 e. The number of allylic oxidation sites excluding steroid dienone is 1. The van der Waals surface area contributed by atoms with Crippen molar-refractivity contribution in [2.75, 3.05) is 0 Å². The Kier molecular flexibility index (Phi) is 4.08. The van der Waals surface area contributed by atoms with E-state index in [2.05, 4.69) is 32.9 Å². The molecule has 1 aliphatic carbocycles. The second-order valence-electron chi connectivity index (χ2n) is 5.67. The highest BCUT2D eigenvalue weighted by molar-refractivity contribution is 5.91. The first kappa shape index (κ1) is 13.9. The van der Waals surface area contributed by atoms with Gasteiger partial charge in [0.2, 0.25) is 0 Å². The topological polar surface area (TPSA) is 37.3 Å². The zero-order valence-corrected chi connectivity index (χ0v) is 12.0. The maximum atomic E-state index is 11.1. The van der Waals surface area contributed by atoms with E-state index >= 15 is 0 Å². The van der Waals surface area contributed by atoms with Crippen LogP contribution in [0.3, 0.4) is 0 Å². The lowest BCUT2D eigenvalue weighted by Gasteiger charge is -2.18. The summed E-state index contributed by atoms with van der Waals surface area (Å²) in [5.74, 6) is -0.420. The fraction of sp³-hybridized carbons (Fsp3) is 0.471. The van der Waals surface area contributed by atoms with Gasteiger partial charge in [0.25, 0.3) is 0 Å².